The first-order chi connectivity index (χ1) is 13.9. The normalized spacial score (nSPS) is 16.6. The van der Waals surface area contributed by atoms with Crippen molar-refractivity contribution in [2.45, 2.75) is 19.9 Å². The zero-order valence-electron chi connectivity index (χ0n) is 16.5. The van der Waals surface area contributed by atoms with Gasteiger partial charge in [-0.3, -0.25) is 14.0 Å². The van der Waals surface area contributed by atoms with Crippen LogP contribution in [0.15, 0.2) is 57.6 Å². The number of rotatable bonds is 3. The summed E-state index contributed by atoms with van der Waals surface area (Å²) in [6.45, 7) is 3.67. The molecule has 8 heteroatoms. The predicted molar refractivity (Wildman–Crippen MR) is 110 cm³/mol. The molecule has 1 aliphatic rings. The molecule has 0 unspecified atom stereocenters. The zero-order chi connectivity index (χ0) is 20.7. The highest BCUT2D eigenvalue weighted by atomic mass is 32.1. The van der Waals surface area contributed by atoms with Gasteiger partial charge >= 0.3 is 5.97 Å². The van der Waals surface area contributed by atoms with Crippen LogP contribution in [-0.4, -0.2) is 27.4 Å². The quantitative estimate of drug-likeness (QED) is 0.615. The van der Waals surface area contributed by atoms with Gasteiger partial charge in [-0.1, -0.05) is 41.7 Å². The van der Waals surface area contributed by atoms with Crippen LogP contribution in [0.5, 0.6) is 0 Å². The van der Waals surface area contributed by atoms with Crippen LogP contribution in [0.25, 0.3) is 6.08 Å². The van der Waals surface area contributed by atoms with Crippen molar-refractivity contribution in [2.75, 3.05) is 7.11 Å². The maximum absolute atomic E-state index is 13.4. The van der Waals surface area contributed by atoms with Gasteiger partial charge < -0.3 is 4.74 Å². The van der Waals surface area contributed by atoms with Crippen LogP contribution in [-0.2, 0) is 16.6 Å². The summed E-state index contributed by atoms with van der Waals surface area (Å²) >= 11 is 1.30. The maximum atomic E-state index is 13.4. The molecule has 29 heavy (non-hydrogen) atoms. The van der Waals surface area contributed by atoms with Gasteiger partial charge in [-0.2, -0.15) is 5.10 Å². The Morgan fingerprint density at radius 1 is 1.24 bits per heavy atom. The Kier molecular flexibility index (Phi) is 4.79. The molecule has 0 saturated carbocycles. The summed E-state index contributed by atoms with van der Waals surface area (Å²) in [6, 6.07) is 8.87. The van der Waals surface area contributed by atoms with Crippen molar-refractivity contribution >= 4 is 23.4 Å². The molecule has 0 bridgehead atoms. The lowest BCUT2D eigenvalue weighted by atomic mass is 9.96. The largest absolute Gasteiger partial charge is 0.466 e. The average molecular weight is 408 g/mol. The van der Waals surface area contributed by atoms with Crippen molar-refractivity contribution in [3.05, 3.63) is 84.3 Å². The van der Waals surface area contributed by atoms with E-state index in [9.17, 15) is 9.59 Å². The molecule has 0 aliphatic carbocycles. The number of allylic oxidation sites excluding steroid dienone is 1. The number of esters is 1. The number of hydrogen-bond acceptors (Lipinski definition) is 6. The fourth-order valence-electron chi connectivity index (χ4n) is 3.54. The zero-order valence-corrected chi connectivity index (χ0v) is 17.4. The maximum Gasteiger partial charge on any atom is 0.338 e. The van der Waals surface area contributed by atoms with E-state index in [1.165, 1.54) is 18.4 Å². The highest BCUT2D eigenvalue weighted by molar-refractivity contribution is 7.07. The molecule has 4 rings (SSSR count). The minimum atomic E-state index is -0.586. The minimum absolute atomic E-state index is 0.195. The van der Waals surface area contributed by atoms with Crippen LogP contribution in [0.4, 0.5) is 0 Å². The van der Waals surface area contributed by atoms with E-state index in [2.05, 4.69) is 10.1 Å². The molecule has 1 aromatic carbocycles. The van der Waals surface area contributed by atoms with E-state index in [1.807, 2.05) is 56.6 Å². The SMILES string of the molecule is COC(=O)C1=C(C)N=c2s/c(=C/c3cn(C)nc3C)c(=O)n2[C@H]1c1ccccc1. The molecule has 2 aromatic heterocycles. The monoisotopic (exact) mass is 408 g/mol. The van der Waals surface area contributed by atoms with Crippen molar-refractivity contribution in [2.24, 2.45) is 12.0 Å². The van der Waals surface area contributed by atoms with E-state index in [0.29, 0.717) is 20.6 Å². The average Bonchev–Trinajstić information content (AvgIpc) is 3.19. The third kappa shape index (κ3) is 3.25. The van der Waals surface area contributed by atoms with Crippen LogP contribution >= 0.6 is 11.3 Å². The Morgan fingerprint density at radius 2 is 1.97 bits per heavy atom. The molecule has 3 heterocycles. The van der Waals surface area contributed by atoms with Gasteiger partial charge in [-0.25, -0.2) is 9.79 Å². The number of fused-ring (bicyclic) bond motifs is 1. The van der Waals surface area contributed by atoms with Crippen LogP contribution in [0.3, 0.4) is 0 Å². The molecule has 0 spiro atoms. The first-order valence-corrected chi connectivity index (χ1v) is 9.88. The van der Waals surface area contributed by atoms with Gasteiger partial charge in [0.15, 0.2) is 4.80 Å². The number of benzene rings is 1. The van der Waals surface area contributed by atoms with Crippen molar-refractivity contribution in [3.63, 3.8) is 0 Å². The summed E-state index contributed by atoms with van der Waals surface area (Å²) in [5.74, 6) is -0.488. The Balaban J connectivity index is 2.00. The number of thiazole rings is 1. The summed E-state index contributed by atoms with van der Waals surface area (Å²) in [5, 5.41) is 4.33. The highest BCUT2D eigenvalue weighted by Gasteiger charge is 2.32. The molecule has 1 atom stereocenters. The highest BCUT2D eigenvalue weighted by Crippen LogP contribution is 2.30. The molecular weight excluding hydrogens is 388 g/mol. The molecule has 3 aromatic rings. The minimum Gasteiger partial charge on any atom is -0.466 e. The van der Waals surface area contributed by atoms with Gasteiger partial charge in [-0.15, -0.1) is 0 Å². The molecule has 0 saturated heterocycles. The first kappa shape index (κ1) is 19.1. The standard InChI is InChI=1S/C21H20N4O3S/c1-12-15(11-24(3)23-12)10-16-19(26)25-18(14-8-6-5-7-9-14)17(20(27)28-4)13(2)22-21(25)29-16/h5-11,18H,1-4H3/b16-10+/t18-/m0/s1. The van der Waals surface area contributed by atoms with Gasteiger partial charge in [0.25, 0.3) is 5.56 Å². The topological polar surface area (TPSA) is 78.5 Å². The van der Waals surface area contributed by atoms with Crippen LogP contribution in [0, 0.1) is 6.92 Å². The number of hydrogen-bond donors (Lipinski definition) is 0. The molecule has 1 aliphatic heterocycles. The number of methoxy groups -OCH3 is 1. The summed E-state index contributed by atoms with van der Waals surface area (Å²) in [4.78, 5) is 31.0. The summed E-state index contributed by atoms with van der Waals surface area (Å²) in [5.41, 5.74) is 3.26. The van der Waals surface area contributed by atoms with Gasteiger partial charge in [0, 0.05) is 18.8 Å². The Hall–Kier alpha value is -3.26. The molecule has 0 amide bonds. The number of ether oxygens (including phenoxy) is 1. The lowest BCUT2D eigenvalue weighted by Crippen LogP contribution is -2.39. The first-order valence-electron chi connectivity index (χ1n) is 9.06. The second kappa shape index (κ2) is 7.29. The predicted octanol–water partition coefficient (Wildman–Crippen LogP) is 1.45. The second-order valence-electron chi connectivity index (χ2n) is 6.83. The van der Waals surface area contributed by atoms with Gasteiger partial charge in [-0.05, 0) is 25.5 Å². The van der Waals surface area contributed by atoms with Gasteiger partial charge in [0.05, 0.1) is 34.6 Å². The lowest BCUT2D eigenvalue weighted by Gasteiger charge is -2.24. The fourth-order valence-corrected chi connectivity index (χ4v) is 4.58. The van der Waals surface area contributed by atoms with Gasteiger partial charge in [0.1, 0.15) is 0 Å². The molecule has 0 radical (unpaired) electrons. The van der Waals surface area contributed by atoms with Gasteiger partial charge in [0.2, 0.25) is 0 Å². The van der Waals surface area contributed by atoms with E-state index in [4.69, 9.17) is 4.74 Å². The Morgan fingerprint density at radius 3 is 2.59 bits per heavy atom. The lowest BCUT2D eigenvalue weighted by molar-refractivity contribution is -0.136. The molecular formula is C21H20N4O3S. The summed E-state index contributed by atoms with van der Waals surface area (Å²) in [6.07, 6.45) is 3.69. The third-order valence-electron chi connectivity index (χ3n) is 4.88. The third-order valence-corrected chi connectivity index (χ3v) is 5.86. The number of carbonyl (C=O) groups is 1. The van der Waals surface area contributed by atoms with E-state index in [-0.39, 0.29) is 5.56 Å². The number of carbonyl (C=O) groups excluding carboxylic acids is 1. The van der Waals surface area contributed by atoms with Crippen LogP contribution < -0.4 is 14.9 Å². The van der Waals surface area contributed by atoms with E-state index in [0.717, 1.165) is 16.8 Å². The number of nitrogens with zero attached hydrogens (tertiary/aromatic N) is 4. The molecule has 7 nitrogen and oxygen atoms in total. The number of aryl methyl sites for hydroxylation is 2. The fraction of sp³-hybridized carbons (Fsp3) is 0.238. The van der Waals surface area contributed by atoms with Crippen molar-refractivity contribution in [1.29, 1.82) is 0 Å². The van der Waals surface area contributed by atoms with Crippen LogP contribution in [0.1, 0.15) is 29.8 Å². The van der Waals surface area contributed by atoms with Crippen LogP contribution in [0.2, 0.25) is 0 Å². The molecule has 0 fully saturated rings. The summed E-state index contributed by atoms with van der Waals surface area (Å²) in [7, 11) is 3.17. The van der Waals surface area contributed by atoms with Crippen molar-refractivity contribution in [3.8, 4) is 0 Å². The van der Waals surface area contributed by atoms with E-state index < -0.39 is 12.0 Å². The molecule has 148 valence electrons. The number of aromatic nitrogens is 3. The second-order valence-corrected chi connectivity index (χ2v) is 7.84. The van der Waals surface area contributed by atoms with E-state index >= 15 is 0 Å². The molecule has 0 N–H and O–H groups in total. The summed E-state index contributed by atoms with van der Waals surface area (Å²) < 4.78 is 8.83. The van der Waals surface area contributed by atoms with E-state index in [1.54, 1.807) is 16.2 Å². The van der Waals surface area contributed by atoms with Crippen molar-refractivity contribution < 1.29 is 9.53 Å². The van der Waals surface area contributed by atoms with Crippen molar-refractivity contribution in [1.82, 2.24) is 14.3 Å². The smallest absolute Gasteiger partial charge is 0.338 e. The Bertz CT molecular complexity index is 1310. The Labute approximate surface area is 170 Å².